The Balaban J connectivity index is 1.35. The number of hydrogen-bond acceptors (Lipinski definition) is 6. The first-order chi connectivity index (χ1) is 20.0. The fourth-order valence-corrected chi connectivity index (χ4v) is 5.57. The van der Waals surface area contributed by atoms with Crippen LogP contribution in [0.2, 0.25) is 0 Å². The highest BCUT2D eigenvalue weighted by Gasteiger charge is 2.32. The Morgan fingerprint density at radius 2 is 1.85 bits per heavy atom. The Morgan fingerprint density at radius 1 is 1.12 bits per heavy atom. The maximum absolute atomic E-state index is 13.4. The van der Waals surface area contributed by atoms with Crippen molar-refractivity contribution in [1.29, 1.82) is 0 Å². The number of benzene rings is 2. The summed E-state index contributed by atoms with van der Waals surface area (Å²) in [7, 11) is 0. The molecule has 0 aromatic heterocycles. The van der Waals surface area contributed by atoms with Crippen molar-refractivity contribution in [2.75, 3.05) is 19.8 Å². The Bertz CT molecular complexity index is 1210. The molecular weight excluding hydrogens is 518 g/mol. The molecule has 4 rings (SSSR count). The van der Waals surface area contributed by atoms with E-state index in [0.29, 0.717) is 37.9 Å². The van der Waals surface area contributed by atoms with Gasteiger partial charge in [-0.25, -0.2) is 5.01 Å². The van der Waals surface area contributed by atoms with Crippen LogP contribution in [-0.2, 0) is 30.4 Å². The second-order valence-corrected chi connectivity index (χ2v) is 10.7. The zero-order valence-corrected chi connectivity index (χ0v) is 23.9. The van der Waals surface area contributed by atoms with Gasteiger partial charge in [0.25, 0.3) is 5.91 Å². The van der Waals surface area contributed by atoms with Gasteiger partial charge in [-0.15, -0.1) is 11.7 Å². The van der Waals surface area contributed by atoms with E-state index in [1.165, 1.54) is 5.01 Å². The van der Waals surface area contributed by atoms with Gasteiger partial charge in [-0.1, -0.05) is 67.8 Å². The normalized spacial score (nSPS) is 16.9. The maximum atomic E-state index is 13.4. The molecule has 1 saturated carbocycles. The molecule has 8 heteroatoms. The van der Waals surface area contributed by atoms with Crippen LogP contribution in [0.1, 0.15) is 74.5 Å². The highest BCUT2D eigenvalue weighted by molar-refractivity contribution is 5.97. The number of amides is 2. The number of carbonyl (C=O) groups excluding carboxylic acids is 3. The van der Waals surface area contributed by atoms with Crippen molar-refractivity contribution in [2.45, 2.75) is 64.3 Å². The van der Waals surface area contributed by atoms with Gasteiger partial charge < -0.3 is 14.8 Å². The molecule has 41 heavy (non-hydrogen) atoms. The minimum Gasteiger partial charge on any atom is -0.466 e. The summed E-state index contributed by atoms with van der Waals surface area (Å²) in [5.41, 5.74) is 2.75. The van der Waals surface area contributed by atoms with Gasteiger partial charge in [0, 0.05) is 12.1 Å². The number of carbonyl (C=O) groups is 3. The van der Waals surface area contributed by atoms with Crippen LogP contribution < -0.4 is 5.32 Å². The van der Waals surface area contributed by atoms with E-state index in [-0.39, 0.29) is 36.2 Å². The minimum absolute atomic E-state index is 0.0488. The number of hydrazone groups is 1. The summed E-state index contributed by atoms with van der Waals surface area (Å²) in [6, 6.07) is 17.5. The predicted octanol–water partition coefficient (Wildman–Crippen LogP) is 5.33. The van der Waals surface area contributed by atoms with Crippen molar-refractivity contribution in [2.24, 2.45) is 16.9 Å². The van der Waals surface area contributed by atoms with Crippen LogP contribution in [0.15, 0.2) is 72.4 Å². The monoisotopic (exact) mass is 559 g/mol. The first kappa shape index (κ1) is 30.0. The SMILES string of the molecule is C=CC(CCCCNC(=O)C(c1ccc(CN2N=C(c3ccccc3)OCC2=O)cc1)C1CCCC1)C(=O)OCC. The summed E-state index contributed by atoms with van der Waals surface area (Å²) in [4.78, 5) is 37.9. The Hall–Kier alpha value is -3.94. The first-order valence-corrected chi connectivity index (χ1v) is 14.7. The molecule has 1 aliphatic heterocycles. The summed E-state index contributed by atoms with van der Waals surface area (Å²) in [6.07, 6.45) is 8.25. The lowest BCUT2D eigenvalue weighted by molar-refractivity contribution is -0.146. The lowest BCUT2D eigenvalue weighted by atomic mass is 9.83. The molecule has 2 atom stereocenters. The van der Waals surface area contributed by atoms with Crippen LogP contribution in [-0.4, -0.2) is 48.4 Å². The molecule has 1 aliphatic carbocycles. The highest BCUT2D eigenvalue weighted by atomic mass is 16.5. The average molecular weight is 560 g/mol. The molecule has 1 fully saturated rings. The van der Waals surface area contributed by atoms with Crippen LogP contribution in [0.3, 0.4) is 0 Å². The molecule has 0 saturated heterocycles. The summed E-state index contributed by atoms with van der Waals surface area (Å²) in [6.45, 7) is 6.75. The second-order valence-electron chi connectivity index (χ2n) is 10.7. The largest absolute Gasteiger partial charge is 0.466 e. The van der Waals surface area contributed by atoms with E-state index in [9.17, 15) is 14.4 Å². The van der Waals surface area contributed by atoms with Crippen molar-refractivity contribution in [3.05, 3.63) is 83.9 Å². The number of unbranched alkanes of at least 4 members (excludes halogenated alkanes) is 1. The van der Waals surface area contributed by atoms with E-state index < -0.39 is 0 Å². The summed E-state index contributed by atoms with van der Waals surface area (Å²) < 4.78 is 10.6. The van der Waals surface area contributed by atoms with E-state index in [1.807, 2.05) is 54.6 Å². The number of ether oxygens (including phenoxy) is 2. The van der Waals surface area contributed by atoms with E-state index in [0.717, 1.165) is 55.2 Å². The van der Waals surface area contributed by atoms with Crippen LogP contribution in [0.4, 0.5) is 0 Å². The number of nitrogens with zero attached hydrogens (tertiary/aromatic N) is 2. The molecule has 2 amide bonds. The standard InChI is InChI=1S/C33H41N3O5/c1-3-25(33(39)40-4-2)12-10-11-21-34-31(38)30(26-13-8-9-14-26)27-19-17-24(18-20-27)22-36-29(37)23-41-32(35-36)28-15-6-5-7-16-28/h3,5-7,15-20,25-26,30H,1,4,8-14,21-23H2,2H3,(H,34,38). The van der Waals surface area contributed by atoms with Crippen LogP contribution >= 0.6 is 0 Å². The van der Waals surface area contributed by atoms with Crippen molar-refractivity contribution in [3.8, 4) is 0 Å². The first-order valence-electron chi connectivity index (χ1n) is 14.7. The Labute approximate surface area is 242 Å². The highest BCUT2D eigenvalue weighted by Crippen LogP contribution is 2.37. The number of hydrogen-bond donors (Lipinski definition) is 1. The topological polar surface area (TPSA) is 97.3 Å². The van der Waals surface area contributed by atoms with E-state index in [4.69, 9.17) is 9.47 Å². The fraction of sp³-hybridized carbons (Fsp3) is 0.455. The van der Waals surface area contributed by atoms with Crippen molar-refractivity contribution in [3.63, 3.8) is 0 Å². The molecule has 8 nitrogen and oxygen atoms in total. The molecule has 2 unspecified atom stereocenters. The van der Waals surface area contributed by atoms with Crippen LogP contribution in [0.25, 0.3) is 0 Å². The van der Waals surface area contributed by atoms with Crippen LogP contribution in [0, 0.1) is 11.8 Å². The zero-order chi connectivity index (χ0) is 29.0. The summed E-state index contributed by atoms with van der Waals surface area (Å²) >= 11 is 0. The molecular formula is C33H41N3O5. The molecule has 0 spiro atoms. The lowest BCUT2D eigenvalue weighted by Gasteiger charge is -2.25. The Morgan fingerprint density at radius 3 is 2.54 bits per heavy atom. The van der Waals surface area contributed by atoms with E-state index in [2.05, 4.69) is 17.0 Å². The molecule has 2 aliphatic rings. The molecule has 218 valence electrons. The lowest BCUT2D eigenvalue weighted by Crippen LogP contribution is -2.36. The third-order valence-electron chi connectivity index (χ3n) is 7.79. The smallest absolute Gasteiger partial charge is 0.312 e. The molecule has 0 bridgehead atoms. The van der Waals surface area contributed by atoms with Gasteiger partial charge in [-0.3, -0.25) is 14.4 Å². The van der Waals surface area contributed by atoms with Gasteiger partial charge in [-0.2, -0.15) is 0 Å². The summed E-state index contributed by atoms with van der Waals surface area (Å²) in [5.74, 6) is -0.153. The van der Waals surface area contributed by atoms with E-state index in [1.54, 1.807) is 13.0 Å². The molecule has 1 N–H and O–H groups in total. The molecule has 1 heterocycles. The van der Waals surface area contributed by atoms with Crippen molar-refractivity contribution >= 4 is 23.7 Å². The van der Waals surface area contributed by atoms with Gasteiger partial charge in [0.05, 0.1) is 25.0 Å². The number of nitrogens with one attached hydrogen (secondary N) is 1. The van der Waals surface area contributed by atoms with Crippen molar-refractivity contribution in [1.82, 2.24) is 10.3 Å². The quantitative estimate of drug-likeness (QED) is 0.192. The van der Waals surface area contributed by atoms with Gasteiger partial charge in [0.2, 0.25) is 11.8 Å². The van der Waals surface area contributed by atoms with Gasteiger partial charge in [0.1, 0.15) is 0 Å². The van der Waals surface area contributed by atoms with Gasteiger partial charge in [0.15, 0.2) is 6.61 Å². The molecule has 2 aromatic carbocycles. The van der Waals surface area contributed by atoms with E-state index >= 15 is 0 Å². The predicted molar refractivity (Wildman–Crippen MR) is 158 cm³/mol. The second kappa shape index (κ2) is 15.2. The van der Waals surface area contributed by atoms with Crippen molar-refractivity contribution < 1.29 is 23.9 Å². The third-order valence-corrected chi connectivity index (χ3v) is 7.79. The van der Waals surface area contributed by atoms with Gasteiger partial charge in [-0.05, 0) is 61.8 Å². The zero-order valence-electron chi connectivity index (χ0n) is 23.9. The number of esters is 1. The Kier molecular flexibility index (Phi) is 11.1. The average Bonchev–Trinajstić information content (AvgIpc) is 3.52. The fourth-order valence-electron chi connectivity index (χ4n) is 5.57. The van der Waals surface area contributed by atoms with Gasteiger partial charge >= 0.3 is 5.97 Å². The third kappa shape index (κ3) is 8.28. The summed E-state index contributed by atoms with van der Waals surface area (Å²) in [5, 5.41) is 9.03. The maximum Gasteiger partial charge on any atom is 0.312 e. The number of rotatable bonds is 14. The molecule has 2 aromatic rings. The molecule has 0 radical (unpaired) electrons. The minimum atomic E-state index is -0.307. The van der Waals surface area contributed by atoms with Crippen LogP contribution in [0.5, 0.6) is 0 Å².